The molecule has 0 atom stereocenters. The Bertz CT molecular complexity index is 870. The zero-order valence-electron chi connectivity index (χ0n) is 13.2. The fourth-order valence-electron chi connectivity index (χ4n) is 2.12. The van der Waals surface area contributed by atoms with Crippen molar-refractivity contribution in [1.29, 1.82) is 0 Å². The number of amides is 1. The van der Waals surface area contributed by atoms with Gasteiger partial charge in [-0.15, -0.1) is 0 Å². The maximum Gasteiger partial charge on any atom is 0.290 e. The standard InChI is InChI=1S/C17H16FN3O3/c1-11-12(10-20-21(11)2)9-19-17(22)15-6-7-16(24-15)23-14-5-3-4-13(18)8-14/h3-8,10H,9H2,1-2H3,(H,19,22). The van der Waals surface area contributed by atoms with Crippen LogP contribution in [-0.2, 0) is 13.6 Å². The van der Waals surface area contributed by atoms with Crippen LogP contribution < -0.4 is 10.1 Å². The first-order valence-electron chi connectivity index (χ1n) is 7.32. The lowest BCUT2D eigenvalue weighted by Gasteiger charge is -2.03. The molecule has 0 aliphatic carbocycles. The zero-order valence-corrected chi connectivity index (χ0v) is 13.2. The molecule has 3 aromatic rings. The number of aryl methyl sites for hydroxylation is 1. The second-order valence-electron chi connectivity index (χ2n) is 5.24. The third kappa shape index (κ3) is 3.45. The van der Waals surface area contributed by atoms with Crippen molar-refractivity contribution in [3.8, 4) is 11.7 Å². The number of hydrogen-bond acceptors (Lipinski definition) is 4. The van der Waals surface area contributed by atoms with Crippen LogP contribution in [0.2, 0.25) is 0 Å². The number of benzene rings is 1. The molecule has 3 rings (SSSR count). The number of rotatable bonds is 5. The van der Waals surface area contributed by atoms with Crippen LogP contribution in [0.5, 0.6) is 11.7 Å². The number of halogens is 1. The number of carbonyl (C=O) groups is 1. The number of carbonyl (C=O) groups excluding carboxylic acids is 1. The van der Waals surface area contributed by atoms with E-state index in [0.29, 0.717) is 12.3 Å². The first kappa shape index (κ1) is 15.8. The fraction of sp³-hybridized carbons (Fsp3) is 0.176. The summed E-state index contributed by atoms with van der Waals surface area (Å²) < 4.78 is 25.6. The topological polar surface area (TPSA) is 69.3 Å². The van der Waals surface area contributed by atoms with Crippen LogP contribution in [0.1, 0.15) is 21.8 Å². The summed E-state index contributed by atoms with van der Waals surface area (Å²) in [5, 5.41) is 6.87. The molecule has 0 radical (unpaired) electrons. The van der Waals surface area contributed by atoms with Gasteiger partial charge in [-0.3, -0.25) is 9.48 Å². The van der Waals surface area contributed by atoms with E-state index in [2.05, 4.69) is 10.4 Å². The highest BCUT2D eigenvalue weighted by Gasteiger charge is 2.13. The van der Waals surface area contributed by atoms with Gasteiger partial charge in [0.15, 0.2) is 5.76 Å². The van der Waals surface area contributed by atoms with Crippen molar-refractivity contribution in [1.82, 2.24) is 15.1 Å². The summed E-state index contributed by atoms with van der Waals surface area (Å²) in [5.41, 5.74) is 1.90. The third-order valence-corrected chi connectivity index (χ3v) is 3.60. The fourth-order valence-corrected chi connectivity index (χ4v) is 2.12. The molecule has 1 N–H and O–H groups in total. The van der Waals surface area contributed by atoms with Gasteiger partial charge < -0.3 is 14.5 Å². The molecule has 24 heavy (non-hydrogen) atoms. The van der Waals surface area contributed by atoms with Gasteiger partial charge >= 0.3 is 0 Å². The molecule has 0 spiro atoms. The summed E-state index contributed by atoms with van der Waals surface area (Å²) in [6, 6.07) is 8.67. The van der Waals surface area contributed by atoms with Crippen molar-refractivity contribution in [2.45, 2.75) is 13.5 Å². The molecule has 6 nitrogen and oxygen atoms in total. The zero-order chi connectivity index (χ0) is 17.1. The monoisotopic (exact) mass is 329 g/mol. The SMILES string of the molecule is Cc1c(CNC(=O)c2ccc(Oc3cccc(F)c3)o2)cnn1C. The average Bonchev–Trinajstić information content (AvgIpc) is 3.14. The maximum absolute atomic E-state index is 13.1. The van der Waals surface area contributed by atoms with Crippen LogP contribution in [-0.4, -0.2) is 15.7 Å². The van der Waals surface area contributed by atoms with E-state index < -0.39 is 5.82 Å². The van der Waals surface area contributed by atoms with E-state index in [1.165, 1.54) is 30.3 Å². The summed E-state index contributed by atoms with van der Waals surface area (Å²) >= 11 is 0. The molecule has 1 amide bonds. The van der Waals surface area contributed by atoms with Crippen LogP contribution in [0.25, 0.3) is 0 Å². The van der Waals surface area contributed by atoms with Gasteiger partial charge in [0, 0.05) is 37.0 Å². The number of nitrogens with zero attached hydrogens (tertiary/aromatic N) is 2. The predicted molar refractivity (Wildman–Crippen MR) is 84.3 cm³/mol. The van der Waals surface area contributed by atoms with Gasteiger partial charge in [-0.1, -0.05) is 6.07 Å². The van der Waals surface area contributed by atoms with Gasteiger partial charge in [-0.2, -0.15) is 5.10 Å². The van der Waals surface area contributed by atoms with Gasteiger partial charge in [0.25, 0.3) is 11.9 Å². The van der Waals surface area contributed by atoms with Crippen molar-refractivity contribution >= 4 is 5.91 Å². The highest BCUT2D eigenvalue weighted by Crippen LogP contribution is 2.24. The van der Waals surface area contributed by atoms with E-state index in [0.717, 1.165) is 11.3 Å². The van der Waals surface area contributed by atoms with Gasteiger partial charge in [0.1, 0.15) is 11.6 Å². The van der Waals surface area contributed by atoms with Gasteiger partial charge in [0.2, 0.25) is 0 Å². The lowest BCUT2D eigenvalue weighted by atomic mass is 10.2. The Morgan fingerprint density at radius 2 is 2.21 bits per heavy atom. The molecule has 0 bridgehead atoms. The molecule has 2 aromatic heterocycles. The molecule has 2 heterocycles. The molecule has 0 aliphatic rings. The quantitative estimate of drug-likeness (QED) is 0.780. The Hall–Kier alpha value is -3.09. The normalized spacial score (nSPS) is 10.6. The molecule has 0 aliphatic heterocycles. The van der Waals surface area contributed by atoms with E-state index >= 15 is 0 Å². The summed E-state index contributed by atoms with van der Waals surface area (Å²) in [4.78, 5) is 12.1. The van der Waals surface area contributed by atoms with Crippen molar-refractivity contribution < 1.29 is 18.3 Å². The van der Waals surface area contributed by atoms with Gasteiger partial charge in [0.05, 0.1) is 6.20 Å². The Balaban J connectivity index is 1.62. The van der Waals surface area contributed by atoms with E-state index in [-0.39, 0.29) is 17.6 Å². The minimum Gasteiger partial charge on any atom is -0.426 e. The second kappa shape index (κ2) is 6.57. The molecular formula is C17H16FN3O3. The number of ether oxygens (including phenoxy) is 1. The molecule has 7 heteroatoms. The smallest absolute Gasteiger partial charge is 0.290 e. The van der Waals surface area contributed by atoms with E-state index in [1.807, 2.05) is 14.0 Å². The summed E-state index contributed by atoms with van der Waals surface area (Å²) in [7, 11) is 1.84. The lowest BCUT2D eigenvalue weighted by molar-refractivity contribution is 0.0918. The summed E-state index contributed by atoms with van der Waals surface area (Å²) in [6.07, 6.45) is 1.70. The van der Waals surface area contributed by atoms with Crippen molar-refractivity contribution in [3.63, 3.8) is 0 Å². The molecular weight excluding hydrogens is 313 g/mol. The summed E-state index contributed by atoms with van der Waals surface area (Å²) in [5.74, 6) is -0.259. The molecule has 0 unspecified atom stereocenters. The van der Waals surface area contributed by atoms with Crippen molar-refractivity contribution in [3.05, 3.63) is 65.4 Å². The van der Waals surface area contributed by atoms with Crippen LogP contribution in [0, 0.1) is 12.7 Å². The Labute approximate surface area is 137 Å². The maximum atomic E-state index is 13.1. The molecule has 1 aromatic carbocycles. The predicted octanol–water partition coefficient (Wildman–Crippen LogP) is 3.18. The molecule has 0 saturated carbocycles. The minimum atomic E-state index is -0.413. The highest BCUT2D eigenvalue weighted by molar-refractivity contribution is 5.91. The van der Waals surface area contributed by atoms with E-state index in [9.17, 15) is 9.18 Å². The first-order chi connectivity index (χ1) is 11.5. The number of aromatic nitrogens is 2. The highest BCUT2D eigenvalue weighted by atomic mass is 19.1. The number of nitrogens with one attached hydrogen (secondary N) is 1. The van der Waals surface area contributed by atoms with Gasteiger partial charge in [-0.05, 0) is 25.1 Å². The number of hydrogen-bond donors (Lipinski definition) is 1. The van der Waals surface area contributed by atoms with E-state index in [4.69, 9.17) is 9.15 Å². The van der Waals surface area contributed by atoms with E-state index in [1.54, 1.807) is 16.9 Å². The lowest BCUT2D eigenvalue weighted by Crippen LogP contribution is -2.22. The average molecular weight is 329 g/mol. The molecule has 0 saturated heterocycles. The Morgan fingerprint density at radius 1 is 1.38 bits per heavy atom. The van der Waals surface area contributed by atoms with Crippen LogP contribution in [0.4, 0.5) is 4.39 Å². The molecule has 0 fully saturated rings. The Kier molecular flexibility index (Phi) is 4.33. The van der Waals surface area contributed by atoms with Crippen LogP contribution in [0.15, 0.2) is 47.0 Å². The summed E-state index contributed by atoms with van der Waals surface area (Å²) in [6.45, 7) is 2.27. The first-order valence-corrected chi connectivity index (χ1v) is 7.32. The van der Waals surface area contributed by atoms with Crippen molar-refractivity contribution in [2.24, 2.45) is 7.05 Å². The molecule has 124 valence electrons. The second-order valence-corrected chi connectivity index (χ2v) is 5.24. The minimum absolute atomic E-state index is 0.114. The largest absolute Gasteiger partial charge is 0.426 e. The Morgan fingerprint density at radius 3 is 2.92 bits per heavy atom. The van der Waals surface area contributed by atoms with Crippen LogP contribution >= 0.6 is 0 Å². The van der Waals surface area contributed by atoms with Crippen molar-refractivity contribution in [2.75, 3.05) is 0 Å². The van der Waals surface area contributed by atoms with Crippen LogP contribution in [0.3, 0.4) is 0 Å². The number of furan rings is 1. The third-order valence-electron chi connectivity index (χ3n) is 3.60. The van der Waals surface area contributed by atoms with Gasteiger partial charge in [-0.25, -0.2) is 4.39 Å².